The van der Waals surface area contributed by atoms with Crippen LogP contribution in [0.25, 0.3) is 0 Å². The van der Waals surface area contributed by atoms with Gasteiger partial charge in [-0.1, -0.05) is 30.3 Å². The van der Waals surface area contributed by atoms with Crippen molar-refractivity contribution in [2.45, 2.75) is 45.8 Å². The lowest BCUT2D eigenvalue weighted by Gasteiger charge is -2.31. The first-order valence-corrected chi connectivity index (χ1v) is 8.32. The molecule has 1 heterocycles. The highest BCUT2D eigenvalue weighted by Crippen LogP contribution is 2.18. The minimum absolute atomic E-state index is 0.188. The minimum atomic E-state index is 0.188. The van der Waals surface area contributed by atoms with Gasteiger partial charge in [0.05, 0.1) is 0 Å². The molecule has 0 unspecified atom stereocenters. The van der Waals surface area contributed by atoms with Gasteiger partial charge in [0, 0.05) is 38.3 Å². The van der Waals surface area contributed by atoms with Crippen molar-refractivity contribution in [1.29, 1.82) is 0 Å². The van der Waals surface area contributed by atoms with Gasteiger partial charge in [-0.3, -0.25) is 4.90 Å². The number of benzene rings is 1. The number of likely N-dealkylation sites (N-methyl/N-ethyl adjacent to an activating group) is 1. The zero-order valence-electron chi connectivity index (χ0n) is 14.3. The van der Waals surface area contributed by atoms with Gasteiger partial charge in [-0.25, -0.2) is 4.79 Å². The van der Waals surface area contributed by atoms with E-state index in [9.17, 15) is 4.79 Å². The van der Waals surface area contributed by atoms with E-state index in [-0.39, 0.29) is 12.1 Å². The van der Waals surface area contributed by atoms with Crippen molar-refractivity contribution in [2.24, 2.45) is 0 Å². The molecule has 0 N–H and O–H groups in total. The Morgan fingerprint density at radius 1 is 1.32 bits per heavy atom. The van der Waals surface area contributed by atoms with Crippen LogP contribution in [0.3, 0.4) is 0 Å². The number of rotatable bonds is 5. The van der Waals surface area contributed by atoms with Crippen molar-refractivity contribution in [2.75, 3.05) is 26.7 Å². The van der Waals surface area contributed by atoms with Crippen molar-refractivity contribution < 1.29 is 4.79 Å². The van der Waals surface area contributed by atoms with Gasteiger partial charge in [-0.2, -0.15) is 0 Å². The second-order valence-electron chi connectivity index (χ2n) is 6.45. The zero-order chi connectivity index (χ0) is 16.1. The third-order valence-electron chi connectivity index (χ3n) is 4.54. The Balaban J connectivity index is 1.90. The molecule has 0 aliphatic carbocycles. The predicted octanol–water partition coefficient (Wildman–Crippen LogP) is 3.04. The van der Waals surface area contributed by atoms with Crippen LogP contribution in [-0.4, -0.2) is 59.5 Å². The summed E-state index contributed by atoms with van der Waals surface area (Å²) >= 11 is 0. The van der Waals surface area contributed by atoms with E-state index < -0.39 is 0 Å². The van der Waals surface area contributed by atoms with Gasteiger partial charge in [0.1, 0.15) is 0 Å². The molecule has 0 spiro atoms. The lowest BCUT2D eigenvalue weighted by molar-refractivity contribution is 0.147. The first-order valence-electron chi connectivity index (χ1n) is 8.32. The molecule has 122 valence electrons. The summed E-state index contributed by atoms with van der Waals surface area (Å²) in [4.78, 5) is 18.9. The molecule has 2 amide bonds. The highest BCUT2D eigenvalue weighted by atomic mass is 16.2. The fourth-order valence-electron chi connectivity index (χ4n) is 3.18. The fourth-order valence-corrected chi connectivity index (χ4v) is 3.18. The summed E-state index contributed by atoms with van der Waals surface area (Å²) in [6.45, 7) is 9.63. The van der Waals surface area contributed by atoms with Crippen molar-refractivity contribution in [3.63, 3.8) is 0 Å². The van der Waals surface area contributed by atoms with Crippen molar-refractivity contribution >= 4 is 6.03 Å². The summed E-state index contributed by atoms with van der Waals surface area (Å²) in [5, 5.41) is 0. The first-order chi connectivity index (χ1) is 10.5. The van der Waals surface area contributed by atoms with Gasteiger partial charge in [0.15, 0.2) is 0 Å². The van der Waals surface area contributed by atoms with E-state index in [1.807, 2.05) is 22.8 Å². The standard InChI is InChI=1S/C18H29N3O/c1-5-21(15(2)3)18(22)20-12-11-17(14-20)19(4)13-16-9-7-6-8-10-16/h6-10,15,17H,5,11-14H2,1-4H3/t17-/m0/s1. The molecule has 1 aliphatic rings. The summed E-state index contributed by atoms with van der Waals surface area (Å²) in [6, 6.07) is 11.4. The number of hydrogen-bond donors (Lipinski definition) is 0. The second kappa shape index (κ2) is 7.63. The van der Waals surface area contributed by atoms with Crippen molar-refractivity contribution in [3.8, 4) is 0 Å². The molecule has 0 aromatic heterocycles. The molecule has 4 heteroatoms. The summed E-state index contributed by atoms with van der Waals surface area (Å²) in [7, 11) is 2.16. The summed E-state index contributed by atoms with van der Waals surface area (Å²) in [5.41, 5.74) is 1.33. The number of nitrogens with zero attached hydrogens (tertiary/aromatic N) is 3. The van der Waals surface area contributed by atoms with Gasteiger partial charge in [0.25, 0.3) is 0 Å². The highest BCUT2D eigenvalue weighted by molar-refractivity contribution is 5.75. The summed E-state index contributed by atoms with van der Waals surface area (Å²) in [5.74, 6) is 0. The summed E-state index contributed by atoms with van der Waals surface area (Å²) < 4.78 is 0. The molecule has 0 radical (unpaired) electrons. The lowest BCUT2D eigenvalue weighted by Crippen LogP contribution is -2.46. The SMILES string of the molecule is CCN(C(=O)N1CC[C@H](N(C)Cc2ccccc2)C1)C(C)C. The Labute approximate surface area is 134 Å². The second-order valence-corrected chi connectivity index (χ2v) is 6.45. The van der Waals surface area contributed by atoms with Crippen LogP contribution < -0.4 is 0 Å². The first kappa shape index (κ1) is 16.8. The quantitative estimate of drug-likeness (QED) is 0.836. The average Bonchev–Trinajstić information content (AvgIpc) is 2.98. The molecule has 1 aliphatic heterocycles. The summed E-state index contributed by atoms with van der Waals surface area (Å²) in [6.07, 6.45) is 1.06. The predicted molar refractivity (Wildman–Crippen MR) is 90.8 cm³/mol. The molecular weight excluding hydrogens is 274 g/mol. The molecule has 1 fully saturated rings. The monoisotopic (exact) mass is 303 g/mol. The maximum Gasteiger partial charge on any atom is 0.320 e. The largest absolute Gasteiger partial charge is 0.323 e. The fraction of sp³-hybridized carbons (Fsp3) is 0.611. The van der Waals surface area contributed by atoms with Crippen LogP contribution in [0.1, 0.15) is 32.8 Å². The molecule has 1 saturated heterocycles. The van der Waals surface area contributed by atoms with E-state index in [1.165, 1.54) is 5.56 Å². The van der Waals surface area contributed by atoms with Crippen molar-refractivity contribution in [1.82, 2.24) is 14.7 Å². The van der Waals surface area contributed by atoms with Gasteiger partial charge < -0.3 is 9.80 Å². The number of carbonyl (C=O) groups is 1. The third kappa shape index (κ3) is 4.01. The Kier molecular flexibility index (Phi) is 5.83. The van der Waals surface area contributed by atoms with Crippen LogP contribution in [0.2, 0.25) is 0 Å². The molecule has 1 atom stereocenters. The van der Waals surface area contributed by atoms with Crippen LogP contribution in [-0.2, 0) is 6.54 Å². The normalized spacial score (nSPS) is 18.3. The number of carbonyl (C=O) groups excluding carboxylic acids is 1. The Bertz CT molecular complexity index is 474. The third-order valence-corrected chi connectivity index (χ3v) is 4.54. The highest BCUT2D eigenvalue weighted by Gasteiger charge is 2.31. The number of hydrogen-bond acceptors (Lipinski definition) is 2. The molecule has 22 heavy (non-hydrogen) atoms. The Hall–Kier alpha value is -1.55. The minimum Gasteiger partial charge on any atom is -0.323 e. The molecular formula is C18H29N3O. The van der Waals surface area contributed by atoms with Crippen molar-refractivity contribution in [3.05, 3.63) is 35.9 Å². The van der Waals surface area contributed by atoms with Crippen LogP contribution in [0, 0.1) is 0 Å². The van der Waals surface area contributed by atoms with E-state index in [0.29, 0.717) is 6.04 Å². The molecule has 0 saturated carbocycles. The Morgan fingerprint density at radius 2 is 2.00 bits per heavy atom. The number of likely N-dealkylation sites (tertiary alicyclic amines) is 1. The molecule has 1 aromatic carbocycles. The van der Waals surface area contributed by atoms with E-state index in [2.05, 4.69) is 50.1 Å². The number of urea groups is 1. The van der Waals surface area contributed by atoms with Crippen LogP contribution in [0.15, 0.2) is 30.3 Å². The maximum atomic E-state index is 12.6. The molecule has 4 nitrogen and oxygen atoms in total. The lowest BCUT2D eigenvalue weighted by atomic mass is 10.1. The van der Waals surface area contributed by atoms with Crippen LogP contribution in [0.4, 0.5) is 4.79 Å². The van der Waals surface area contributed by atoms with Gasteiger partial charge in [0.2, 0.25) is 0 Å². The van der Waals surface area contributed by atoms with Gasteiger partial charge >= 0.3 is 6.03 Å². The molecule has 2 rings (SSSR count). The van der Waals surface area contributed by atoms with Gasteiger partial charge in [-0.15, -0.1) is 0 Å². The van der Waals surface area contributed by atoms with Gasteiger partial charge in [-0.05, 0) is 39.8 Å². The van der Waals surface area contributed by atoms with E-state index >= 15 is 0 Å². The Morgan fingerprint density at radius 3 is 2.59 bits per heavy atom. The van der Waals surface area contributed by atoms with Crippen LogP contribution >= 0.6 is 0 Å². The van der Waals surface area contributed by atoms with Crippen LogP contribution in [0.5, 0.6) is 0 Å². The average molecular weight is 303 g/mol. The van der Waals surface area contributed by atoms with E-state index in [0.717, 1.165) is 32.6 Å². The molecule has 0 bridgehead atoms. The number of amides is 2. The van der Waals surface area contributed by atoms with E-state index in [1.54, 1.807) is 0 Å². The smallest absolute Gasteiger partial charge is 0.320 e. The topological polar surface area (TPSA) is 26.8 Å². The molecule has 1 aromatic rings. The maximum absolute atomic E-state index is 12.6. The zero-order valence-corrected chi connectivity index (χ0v) is 14.3. The van der Waals surface area contributed by atoms with E-state index in [4.69, 9.17) is 0 Å².